The van der Waals surface area contributed by atoms with Gasteiger partial charge in [-0.1, -0.05) is 15.9 Å². The van der Waals surface area contributed by atoms with Crippen LogP contribution in [-0.2, 0) is 5.33 Å². The predicted molar refractivity (Wildman–Crippen MR) is 54.9 cm³/mol. The molecule has 1 rings (SSSR count). The van der Waals surface area contributed by atoms with E-state index in [0.717, 1.165) is 15.5 Å². The molecule has 0 N–H and O–H groups in total. The first-order valence-electron chi connectivity index (χ1n) is 2.50. The summed E-state index contributed by atoms with van der Waals surface area (Å²) in [5.41, 5.74) is 1.04. The van der Waals surface area contributed by atoms with Crippen LogP contribution in [0.4, 0.5) is 0 Å². The summed E-state index contributed by atoms with van der Waals surface area (Å²) in [4.78, 5) is 4.10. The number of nitrogens with zero attached hydrogens (tertiary/aromatic N) is 1. The fourth-order valence-electron chi connectivity index (χ4n) is 0.517. The van der Waals surface area contributed by atoms with Gasteiger partial charge >= 0.3 is 0 Å². The lowest BCUT2D eigenvalue weighted by molar-refractivity contribution is 1.17. The van der Waals surface area contributed by atoms with Gasteiger partial charge in [-0.15, -0.1) is 17.0 Å². The predicted octanol–water partition coefficient (Wildman–Crippen LogP) is 3.32. The second-order valence-corrected chi connectivity index (χ2v) is 2.98. The summed E-state index contributed by atoms with van der Waals surface area (Å²) in [5, 5.41) is 0.800. The van der Waals surface area contributed by atoms with Crippen molar-refractivity contribution in [2.45, 2.75) is 5.33 Å². The second-order valence-electron chi connectivity index (χ2n) is 1.57. The minimum absolute atomic E-state index is 0. The normalized spacial score (nSPS) is 8.60. The molecular weight excluding hydrogens is 326 g/mol. The Hall–Kier alpha value is 0.590. The molecule has 1 aromatic rings. The highest BCUT2D eigenvalue weighted by Gasteiger charge is 1.94. The van der Waals surface area contributed by atoms with Gasteiger partial charge in [-0.3, -0.25) is 4.98 Å². The van der Waals surface area contributed by atoms with Crippen molar-refractivity contribution in [3.63, 3.8) is 0 Å². The molecule has 0 amide bonds. The zero-order chi connectivity index (χ0) is 6.69. The van der Waals surface area contributed by atoms with Crippen LogP contribution in [0.2, 0.25) is 0 Å². The van der Waals surface area contributed by atoms with Crippen molar-refractivity contribution < 1.29 is 0 Å². The molecule has 0 saturated carbocycles. The van der Waals surface area contributed by atoms with E-state index in [4.69, 9.17) is 0 Å². The molecule has 0 atom stereocenters. The fraction of sp³-hybridized carbons (Fsp3) is 0.167. The van der Waals surface area contributed by atoms with Gasteiger partial charge < -0.3 is 0 Å². The van der Waals surface area contributed by atoms with E-state index in [-0.39, 0.29) is 17.0 Å². The Bertz CT molecular complexity index is 202. The van der Waals surface area contributed by atoms with Crippen LogP contribution >= 0.6 is 48.8 Å². The second kappa shape index (κ2) is 5.27. The lowest BCUT2D eigenvalue weighted by Gasteiger charge is -1.94. The van der Waals surface area contributed by atoms with E-state index >= 15 is 0 Å². The molecule has 0 spiro atoms. The molecule has 1 aromatic heterocycles. The van der Waals surface area contributed by atoms with Gasteiger partial charge in [0.15, 0.2) is 0 Å². The van der Waals surface area contributed by atoms with E-state index in [1.807, 2.05) is 12.1 Å². The first kappa shape index (κ1) is 10.6. The number of hydrogen-bond donors (Lipinski definition) is 0. The Labute approximate surface area is 87.3 Å². The van der Waals surface area contributed by atoms with Gasteiger partial charge in [0, 0.05) is 16.0 Å². The molecule has 1 nitrogen and oxygen atoms in total. The standard InChI is InChI=1S/C6H5Br2N.BrH/c7-4-6-5(8)2-1-3-9-6;/h1-3H,4H2;1H. The summed E-state index contributed by atoms with van der Waals surface area (Å²) in [6.45, 7) is 0. The number of aromatic nitrogens is 1. The maximum absolute atomic E-state index is 4.10. The quantitative estimate of drug-likeness (QED) is 0.719. The molecular formula is C6H6Br3N. The molecule has 0 aliphatic carbocycles. The topological polar surface area (TPSA) is 12.9 Å². The van der Waals surface area contributed by atoms with Crippen LogP contribution in [0.3, 0.4) is 0 Å². The van der Waals surface area contributed by atoms with Crippen molar-refractivity contribution in [2.24, 2.45) is 0 Å². The third-order valence-corrected chi connectivity index (χ3v) is 2.21. The molecule has 0 saturated heterocycles. The van der Waals surface area contributed by atoms with Crippen molar-refractivity contribution >= 4 is 48.8 Å². The van der Waals surface area contributed by atoms with Crippen LogP contribution in [0.15, 0.2) is 22.8 Å². The Morgan fingerprint density at radius 2 is 2.20 bits per heavy atom. The van der Waals surface area contributed by atoms with Crippen molar-refractivity contribution in [3.05, 3.63) is 28.5 Å². The van der Waals surface area contributed by atoms with Crippen molar-refractivity contribution in [1.29, 1.82) is 0 Å². The molecule has 4 heteroatoms. The third kappa shape index (κ3) is 2.68. The Kier molecular flexibility index (Phi) is 5.58. The van der Waals surface area contributed by atoms with Crippen LogP contribution in [0, 0.1) is 0 Å². The van der Waals surface area contributed by atoms with E-state index in [1.54, 1.807) is 6.20 Å². The first-order chi connectivity index (χ1) is 4.34. The molecule has 0 fully saturated rings. The molecule has 56 valence electrons. The number of alkyl halides is 1. The zero-order valence-electron chi connectivity index (χ0n) is 5.05. The minimum Gasteiger partial charge on any atom is -0.259 e. The van der Waals surface area contributed by atoms with Crippen molar-refractivity contribution in [1.82, 2.24) is 4.98 Å². The number of halogens is 3. The highest BCUT2D eigenvalue weighted by atomic mass is 79.9. The summed E-state index contributed by atoms with van der Waals surface area (Å²) in [5.74, 6) is 0. The van der Waals surface area contributed by atoms with E-state index in [9.17, 15) is 0 Å². The molecule has 0 aliphatic rings. The van der Waals surface area contributed by atoms with E-state index < -0.39 is 0 Å². The lowest BCUT2D eigenvalue weighted by atomic mass is 10.4. The summed E-state index contributed by atoms with van der Waals surface area (Å²) in [7, 11) is 0. The number of rotatable bonds is 1. The number of pyridine rings is 1. The zero-order valence-corrected chi connectivity index (χ0v) is 9.94. The summed E-state index contributed by atoms with van der Waals surface area (Å²) < 4.78 is 1.06. The SMILES string of the molecule is Br.BrCc1ncccc1Br. The van der Waals surface area contributed by atoms with Gasteiger partial charge in [0.25, 0.3) is 0 Å². The van der Waals surface area contributed by atoms with Gasteiger partial charge in [0.2, 0.25) is 0 Å². The monoisotopic (exact) mass is 329 g/mol. The molecule has 0 aromatic carbocycles. The molecule has 10 heavy (non-hydrogen) atoms. The summed E-state index contributed by atoms with van der Waals surface area (Å²) in [6, 6.07) is 3.87. The highest BCUT2D eigenvalue weighted by molar-refractivity contribution is 9.10. The van der Waals surface area contributed by atoms with E-state index in [1.165, 1.54) is 0 Å². The average Bonchev–Trinajstić information content (AvgIpc) is 1.89. The Morgan fingerprint density at radius 3 is 2.60 bits per heavy atom. The maximum Gasteiger partial charge on any atom is 0.0650 e. The van der Waals surface area contributed by atoms with Gasteiger partial charge in [-0.05, 0) is 28.1 Å². The molecule has 0 aliphatic heterocycles. The van der Waals surface area contributed by atoms with Crippen LogP contribution in [0.1, 0.15) is 5.69 Å². The van der Waals surface area contributed by atoms with Gasteiger partial charge in [-0.2, -0.15) is 0 Å². The van der Waals surface area contributed by atoms with Gasteiger partial charge in [0.05, 0.1) is 5.69 Å². The molecule has 0 radical (unpaired) electrons. The largest absolute Gasteiger partial charge is 0.259 e. The molecule has 1 heterocycles. The highest BCUT2D eigenvalue weighted by Crippen LogP contribution is 2.15. The van der Waals surface area contributed by atoms with Gasteiger partial charge in [0.1, 0.15) is 0 Å². The number of hydrogen-bond acceptors (Lipinski definition) is 1. The lowest BCUT2D eigenvalue weighted by Crippen LogP contribution is -1.83. The molecule has 0 bridgehead atoms. The van der Waals surface area contributed by atoms with Gasteiger partial charge in [-0.25, -0.2) is 0 Å². The van der Waals surface area contributed by atoms with Crippen LogP contribution in [-0.4, -0.2) is 4.98 Å². The summed E-state index contributed by atoms with van der Waals surface area (Å²) >= 11 is 6.68. The Morgan fingerprint density at radius 1 is 1.50 bits per heavy atom. The molecule has 0 unspecified atom stereocenters. The smallest absolute Gasteiger partial charge is 0.0650 e. The Balaban J connectivity index is 0.000000810. The fourth-order valence-corrected chi connectivity index (χ4v) is 1.73. The van der Waals surface area contributed by atoms with E-state index in [0.29, 0.717) is 0 Å². The summed E-state index contributed by atoms with van der Waals surface area (Å²) in [6.07, 6.45) is 1.78. The van der Waals surface area contributed by atoms with Crippen LogP contribution < -0.4 is 0 Å². The van der Waals surface area contributed by atoms with Crippen LogP contribution in [0.5, 0.6) is 0 Å². The first-order valence-corrected chi connectivity index (χ1v) is 4.41. The van der Waals surface area contributed by atoms with Crippen LogP contribution in [0.25, 0.3) is 0 Å². The average molecular weight is 332 g/mol. The van der Waals surface area contributed by atoms with Crippen molar-refractivity contribution in [3.8, 4) is 0 Å². The maximum atomic E-state index is 4.10. The third-order valence-electron chi connectivity index (χ3n) is 0.961. The van der Waals surface area contributed by atoms with Crippen molar-refractivity contribution in [2.75, 3.05) is 0 Å². The minimum atomic E-state index is 0. The van der Waals surface area contributed by atoms with E-state index in [2.05, 4.69) is 36.8 Å².